The molecule has 0 radical (unpaired) electrons. The van der Waals surface area contributed by atoms with E-state index in [2.05, 4.69) is 0 Å². The first-order chi connectivity index (χ1) is 7.99. The van der Waals surface area contributed by atoms with Crippen LogP contribution in [-0.2, 0) is 0 Å². The minimum atomic E-state index is -0.347. The molecule has 4 heteroatoms. The van der Waals surface area contributed by atoms with Gasteiger partial charge in [0.05, 0.1) is 11.7 Å². The molecule has 0 spiro atoms. The topological polar surface area (TPSA) is 53.7 Å². The number of carbonyl (C=O) groups excluding carboxylic acids is 1. The van der Waals surface area contributed by atoms with Crippen molar-refractivity contribution in [3.05, 3.63) is 23.2 Å². The quantitative estimate of drug-likeness (QED) is 0.852. The second-order valence-corrected chi connectivity index (χ2v) is 4.87. The number of rotatable bonds is 2. The molecule has 2 heterocycles. The van der Waals surface area contributed by atoms with E-state index in [9.17, 15) is 9.90 Å². The molecule has 1 aliphatic rings. The van der Waals surface area contributed by atoms with Crippen LogP contribution in [0.15, 0.2) is 10.5 Å². The zero-order chi connectivity index (χ0) is 12.6. The first-order valence-electron chi connectivity index (χ1n) is 6.03. The zero-order valence-corrected chi connectivity index (χ0v) is 10.6. The second kappa shape index (κ2) is 4.53. The van der Waals surface area contributed by atoms with Crippen LogP contribution in [0.3, 0.4) is 0 Å². The van der Waals surface area contributed by atoms with Gasteiger partial charge in [-0.1, -0.05) is 0 Å². The maximum absolute atomic E-state index is 12.2. The lowest BCUT2D eigenvalue weighted by Crippen LogP contribution is -2.30. The number of likely N-dealkylation sites (tertiary alicyclic amines) is 1. The molecule has 0 aliphatic carbocycles. The van der Waals surface area contributed by atoms with Gasteiger partial charge in [0.15, 0.2) is 0 Å². The average molecular weight is 237 g/mol. The van der Waals surface area contributed by atoms with Gasteiger partial charge < -0.3 is 14.4 Å². The van der Waals surface area contributed by atoms with Gasteiger partial charge in [-0.15, -0.1) is 0 Å². The van der Waals surface area contributed by atoms with Gasteiger partial charge in [-0.05, 0) is 33.3 Å². The summed E-state index contributed by atoms with van der Waals surface area (Å²) in [5.74, 6) is 1.65. The Morgan fingerprint density at radius 1 is 1.59 bits per heavy atom. The molecule has 2 atom stereocenters. The first-order valence-corrected chi connectivity index (χ1v) is 6.03. The van der Waals surface area contributed by atoms with E-state index >= 15 is 0 Å². The summed E-state index contributed by atoms with van der Waals surface area (Å²) in [7, 11) is 0. The largest absolute Gasteiger partial charge is 0.466 e. The number of amides is 1. The van der Waals surface area contributed by atoms with Gasteiger partial charge in [-0.25, -0.2) is 0 Å². The molecule has 0 saturated carbocycles. The van der Waals surface area contributed by atoms with Gasteiger partial charge in [-0.3, -0.25) is 4.79 Å². The Kier molecular flexibility index (Phi) is 3.24. The molecule has 17 heavy (non-hydrogen) atoms. The highest BCUT2D eigenvalue weighted by molar-refractivity contribution is 5.95. The van der Waals surface area contributed by atoms with Gasteiger partial charge >= 0.3 is 0 Å². The second-order valence-electron chi connectivity index (χ2n) is 4.87. The van der Waals surface area contributed by atoms with Crippen molar-refractivity contribution in [1.82, 2.24) is 4.90 Å². The molecule has 1 fully saturated rings. The van der Waals surface area contributed by atoms with E-state index in [4.69, 9.17) is 4.42 Å². The Morgan fingerprint density at radius 2 is 2.29 bits per heavy atom. The predicted octanol–water partition coefficient (Wildman–Crippen LogP) is 1.74. The highest BCUT2D eigenvalue weighted by Crippen LogP contribution is 2.23. The van der Waals surface area contributed by atoms with Crippen LogP contribution in [-0.4, -0.2) is 35.1 Å². The third-order valence-electron chi connectivity index (χ3n) is 3.47. The van der Waals surface area contributed by atoms with Gasteiger partial charge in [0.25, 0.3) is 5.91 Å². The van der Waals surface area contributed by atoms with Crippen LogP contribution in [0.2, 0.25) is 0 Å². The van der Waals surface area contributed by atoms with Crippen molar-refractivity contribution in [1.29, 1.82) is 0 Å². The van der Waals surface area contributed by atoms with Crippen LogP contribution in [0.4, 0.5) is 0 Å². The van der Waals surface area contributed by atoms with Crippen LogP contribution >= 0.6 is 0 Å². The smallest absolute Gasteiger partial charge is 0.257 e. The van der Waals surface area contributed by atoms with Crippen LogP contribution in [0, 0.1) is 19.8 Å². The number of aryl methyl sites for hydroxylation is 2. The Morgan fingerprint density at radius 3 is 2.76 bits per heavy atom. The molecule has 0 bridgehead atoms. The molecule has 2 unspecified atom stereocenters. The van der Waals surface area contributed by atoms with Crippen molar-refractivity contribution >= 4 is 5.91 Å². The summed E-state index contributed by atoms with van der Waals surface area (Å²) < 4.78 is 5.37. The van der Waals surface area contributed by atoms with Gasteiger partial charge in [0, 0.05) is 19.0 Å². The summed E-state index contributed by atoms with van der Waals surface area (Å²) in [6.07, 6.45) is 0.527. The van der Waals surface area contributed by atoms with Gasteiger partial charge in [0.1, 0.15) is 11.5 Å². The predicted molar refractivity (Wildman–Crippen MR) is 63.9 cm³/mol. The van der Waals surface area contributed by atoms with E-state index in [0.717, 1.165) is 18.7 Å². The van der Waals surface area contributed by atoms with E-state index < -0.39 is 0 Å². The van der Waals surface area contributed by atoms with Crippen molar-refractivity contribution in [3.63, 3.8) is 0 Å². The summed E-state index contributed by atoms with van der Waals surface area (Å²) in [6, 6.07) is 1.79. The van der Waals surface area contributed by atoms with Crippen molar-refractivity contribution in [2.75, 3.05) is 13.1 Å². The van der Waals surface area contributed by atoms with Crippen LogP contribution in [0.25, 0.3) is 0 Å². The van der Waals surface area contributed by atoms with E-state index in [1.54, 1.807) is 17.9 Å². The molecule has 1 N–H and O–H groups in total. The third-order valence-corrected chi connectivity index (χ3v) is 3.47. The zero-order valence-electron chi connectivity index (χ0n) is 10.6. The number of hydrogen-bond donors (Lipinski definition) is 1. The van der Waals surface area contributed by atoms with Crippen molar-refractivity contribution < 1.29 is 14.3 Å². The Labute approximate surface area is 101 Å². The normalized spacial score (nSPS) is 21.9. The van der Waals surface area contributed by atoms with E-state index in [1.807, 2.05) is 13.8 Å². The fourth-order valence-electron chi connectivity index (χ4n) is 2.38. The van der Waals surface area contributed by atoms with E-state index in [1.165, 1.54) is 0 Å². The average Bonchev–Trinajstić information content (AvgIpc) is 2.84. The maximum atomic E-state index is 12.2. The molecular formula is C13H19NO3. The van der Waals surface area contributed by atoms with Crippen LogP contribution in [0.1, 0.15) is 35.2 Å². The molecule has 1 aromatic heterocycles. The van der Waals surface area contributed by atoms with Crippen LogP contribution in [0.5, 0.6) is 0 Å². The third kappa shape index (κ3) is 2.36. The highest BCUT2D eigenvalue weighted by Gasteiger charge is 2.30. The van der Waals surface area contributed by atoms with Crippen molar-refractivity contribution in [2.45, 2.75) is 33.3 Å². The van der Waals surface area contributed by atoms with Gasteiger partial charge in [-0.2, -0.15) is 0 Å². The molecule has 1 amide bonds. The molecular weight excluding hydrogens is 218 g/mol. The lowest BCUT2D eigenvalue weighted by Gasteiger charge is -2.17. The number of furan rings is 1. The summed E-state index contributed by atoms with van der Waals surface area (Å²) in [4.78, 5) is 14.0. The Hall–Kier alpha value is -1.29. The van der Waals surface area contributed by atoms with Crippen molar-refractivity contribution in [3.8, 4) is 0 Å². The summed E-state index contributed by atoms with van der Waals surface area (Å²) in [6.45, 7) is 6.79. The number of nitrogens with zero attached hydrogens (tertiary/aromatic N) is 1. The minimum absolute atomic E-state index is 0.0162. The lowest BCUT2D eigenvalue weighted by atomic mass is 10.0. The Balaban J connectivity index is 2.09. The van der Waals surface area contributed by atoms with E-state index in [-0.39, 0.29) is 17.9 Å². The molecule has 4 nitrogen and oxygen atoms in total. The fourth-order valence-corrected chi connectivity index (χ4v) is 2.38. The summed E-state index contributed by atoms with van der Waals surface area (Å²) in [5.41, 5.74) is 0.647. The summed E-state index contributed by atoms with van der Waals surface area (Å²) in [5, 5.41) is 9.52. The molecule has 94 valence electrons. The summed E-state index contributed by atoms with van der Waals surface area (Å²) >= 11 is 0. The first kappa shape index (κ1) is 12.2. The number of hydrogen-bond acceptors (Lipinski definition) is 3. The highest BCUT2D eigenvalue weighted by atomic mass is 16.3. The molecule has 2 rings (SSSR count). The SMILES string of the molecule is Cc1cc(C(=O)N2CCC(C(C)O)C2)c(C)o1. The molecule has 1 aromatic rings. The standard InChI is InChI=1S/C13H19NO3/c1-8-6-12(10(3)17-8)13(16)14-5-4-11(7-14)9(2)15/h6,9,11,15H,4-5,7H2,1-3H3. The molecule has 1 aliphatic heterocycles. The maximum Gasteiger partial charge on any atom is 0.257 e. The minimum Gasteiger partial charge on any atom is -0.466 e. The fraction of sp³-hybridized carbons (Fsp3) is 0.615. The Bertz CT molecular complexity index is 422. The van der Waals surface area contributed by atoms with E-state index in [0.29, 0.717) is 17.9 Å². The molecule has 0 aromatic carbocycles. The number of aliphatic hydroxyl groups excluding tert-OH is 1. The monoisotopic (exact) mass is 237 g/mol. The van der Waals surface area contributed by atoms with Crippen LogP contribution < -0.4 is 0 Å². The van der Waals surface area contributed by atoms with Gasteiger partial charge in [0.2, 0.25) is 0 Å². The van der Waals surface area contributed by atoms with Crippen molar-refractivity contribution in [2.24, 2.45) is 5.92 Å². The number of carbonyl (C=O) groups is 1. The lowest BCUT2D eigenvalue weighted by molar-refractivity contribution is 0.0761. The number of aliphatic hydroxyl groups is 1. The molecule has 1 saturated heterocycles.